The molecule has 0 fully saturated rings. The topological polar surface area (TPSA) is 42.0 Å². The molecule has 112 valence electrons. The summed E-state index contributed by atoms with van der Waals surface area (Å²) in [5, 5.41) is 3.90. The molecule has 0 aliphatic heterocycles. The molecular weight excluding hydrogens is 287 g/mol. The maximum Gasteiger partial charge on any atom is 0.263 e. The van der Waals surface area contributed by atoms with Crippen LogP contribution in [0, 0.1) is 12.7 Å². The van der Waals surface area contributed by atoms with Crippen LogP contribution in [-0.4, -0.2) is 10.9 Å². The summed E-state index contributed by atoms with van der Waals surface area (Å²) < 4.78 is 12.9. The molecule has 0 radical (unpaired) electrons. The van der Waals surface area contributed by atoms with E-state index < -0.39 is 0 Å². The Balaban J connectivity index is 2.12. The molecule has 0 saturated carbocycles. The summed E-state index contributed by atoms with van der Waals surface area (Å²) >= 11 is 1.43. The van der Waals surface area contributed by atoms with E-state index in [-0.39, 0.29) is 17.8 Å². The largest absolute Gasteiger partial charge is 0.345 e. The van der Waals surface area contributed by atoms with Crippen LogP contribution >= 0.6 is 11.3 Å². The molecule has 0 spiro atoms. The van der Waals surface area contributed by atoms with Crippen molar-refractivity contribution in [1.29, 1.82) is 0 Å². The number of aromatic nitrogens is 1. The van der Waals surface area contributed by atoms with Crippen LogP contribution in [0.5, 0.6) is 0 Å². The van der Waals surface area contributed by atoms with Gasteiger partial charge in [-0.3, -0.25) is 4.79 Å². The number of benzene rings is 1. The molecule has 0 unspecified atom stereocenters. The van der Waals surface area contributed by atoms with Gasteiger partial charge in [0.05, 0.1) is 16.7 Å². The maximum atomic E-state index is 12.9. The van der Waals surface area contributed by atoms with Crippen LogP contribution in [0.25, 0.3) is 0 Å². The Morgan fingerprint density at radius 1 is 1.24 bits per heavy atom. The Morgan fingerprint density at radius 3 is 2.38 bits per heavy atom. The normalized spacial score (nSPS) is 12.5. The van der Waals surface area contributed by atoms with Crippen molar-refractivity contribution in [2.45, 2.75) is 39.7 Å². The molecule has 1 N–H and O–H groups in total. The summed E-state index contributed by atoms with van der Waals surface area (Å²) in [6, 6.07) is 5.97. The third-order valence-corrected chi connectivity index (χ3v) is 4.69. The minimum Gasteiger partial charge on any atom is -0.345 e. The maximum absolute atomic E-state index is 12.9. The highest BCUT2D eigenvalue weighted by Gasteiger charge is 2.18. The van der Waals surface area contributed by atoms with Crippen molar-refractivity contribution >= 4 is 17.2 Å². The molecule has 0 aliphatic rings. The van der Waals surface area contributed by atoms with E-state index in [4.69, 9.17) is 0 Å². The molecule has 1 atom stereocenters. The highest BCUT2D eigenvalue weighted by Crippen LogP contribution is 2.25. The quantitative estimate of drug-likeness (QED) is 0.919. The fraction of sp³-hybridized carbons (Fsp3) is 0.375. The second kappa shape index (κ2) is 6.35. The number of hydrogen-bond acceptors (Lipinski definition) is 3. The van der Waals surface area contributed by atoms with Crippen LogP contribution in [0.4, 0.5) is 4.39 Å². The number of thiazole rings is 1. The lowest BCUT2D eigenvalue weighted by atomic mass is 10.1. The smallest absolute Gasteiger partial charge is 0.263 e. The molecule has 3 nitrogen and oxygen atoms in total. The van der Waals surface area contributed by atoms with Gasteiger partial charge >= 0.3 is 0 Å². The van der Waals surface area contributed by atoms with Gasteiger partial charge in [-0.1, -0.05) is 26.0 Å². The second-order valence-corrected chi connectivity index (χ2v) is 6.40. The zero-order valence-corrected chi connectivity index (χ0v) is 13.4. The van der Waals surface area contributed by atoms with E-state index in [1.165, 1.54) is 23.5 Å². The number of carbonyl (C=O) groups is 1. The summed E-state index contributed by atoms with van der Waals surface area (Å²) in [4.78, 5) is 17.4. The van der Waals surface area contributed by atoms with Gasteiger partial charge in [0.2, 0.25) is 0 Å². The lowest BCUT2D eigenvalue weighted by Gasteiger charge is -2.13. The van der Waals surface area contributed by atoms with Crippen molar-refractivity contribution in [3.05, 3.63) is 51.2 Å². The first kappa shape index (κ1) is 15.6. The molecule has 0 aliphatic carbocycles. The summed E-state index contributed by atoms with van der Waals surface area (Å²) in [6.07, 6.45) is 0. The molecule has 2 rings (SSSR count). The lowest BCUT2D eigenvalue weighted by Crippen LogP contribution is -2.26. The minimum atomic E-state index is -0.280. The number of carbonyl (C=O) groups excluding carboxylic acids is 1. The molecule has 1 aromatic carbocycles. The van der Waals surface area contributed by atoms with Gasteiger partial charge in [0, 0.05) is 5.92 Å². The Labute approximate surface area is 128 Å². The van der Waals surface area contributed by atoms with Crippen LogP contribution in [0.15, 0.2) is 24.3 Å². The van der Waals surface area contributed by atoms with E-state index >= 15 is 0 Å². The second-order valence-electron chi connectivity index (χ2n) is 5.37. The first-order valence-corrected chi connectivity index (χ1v) is 7.73. The van der Waals surface area contributed by atoms with Crippen molar-refractivity contribution < 1.29 is 9.18 Å². The van der Waals surface area contributed by atoms with Gasteiger partial charge in [0.25, 0.3) is 5.91 Å². The number of aryl methyl sites for hydroxylation is 1. The summed E-state index contributed by atoms with van der Waals surface area (Å²) in [7, 11) is 0. The van der Waals surface area contributed by atoms with E-state index in [0.717, 1.165) is 16.3 Å². The fourth-order valence-electron chi connectivity index (χ4n) is 1.97. The molecule has 2 aromatic rings. The zero-order valence-electron chi connectivity index (χ0n) is 12.6. The van der Waals surface area contributed by atoms with E-state index in [9.17, 15) is 9.18 Å². The number of rotatable bonds is 4. The van der Waals surface area contributed by atoms with Crippen LogP contribution in [-0.2, 0) is 0 Å². The molecule has 0 bridgehead atoms. The number of halogens is 1. The molecule has 1 amide bonds. The molecular formula is C16H19FN2OS. The Bertz CT molecular complexity index is 634. The predicted octanol–water partition coefficient (Wildman–Crippen LogP) is 4.21. The Kier molecular flexibility index (Phi) is 4.73. The van der Waals surface area contributed by atoms with E-state index in [2.05, 4.69) is 24.1 Å². The summed E-state index contributed by atoms with van der Waals surface area (Å²) in [5.41, 5.74) is 1.63. The average Bonchev–Trinajstić information content (AvgIpc) is 2.81. The van der Waals surface area contributed by atoms with Crippen LogP contribution < -0.4 is 5.32 Å². The van der Waals surface area contributed by atoms with E-state index in [1.807, 2.05) is 13.8 Å². The SMILES string of the molecule is Cc1nc(C(C)C)sc1C(=O)N[C@@H](C)c1ccc(F)cc1. The summed E-state index contributed by atoms with van der Waals surface area (Å²) in [5.74, 6) is -0.101. The highest BCUT2D eigenvalue weighted by atomic mass is 32.1. The van der Waals surface area contributed by atoms with Crippen LogP contribution in [0.2, 0.25) is 0 Å². The fourth-order valence-corrected chi connectivity index (χ4v) is 2.94. The molecule has 5 heteroatoms. The van der Waals surface area contributed by atoms with Crippen molar-refractivity contribution in [2.24, 2.45) is 0 Å². The number of nitrogens with zero attached hydrogens (tertiary/aromatic N) is 1. The van der Waals surface area contributed by atoms with Gasteiger partial charge in [0.15, 0.2) is 0 Å². The highest BCUT2D eigenvalue weighted by molar-refractivity contribution is 7.13. The van der Waals surface area contributed by atoms with Crippen molar-refractivity contribution in [3.8, 4) is 0 Å². The zero-order chi connectivity index (χ0) is 15.6. The van der Waals surface area contributed by atoms with Gasteiger partial charge in [-0.2, -0.15) is 0 Å². The van der Waals surface area contributed by atoms with E-state index in [0.29, 0.717) is 10.8 Å². The van der Waals surface area contributed by atoms with Gasteiger partial charge in [-0.05, 0) is 31.5 Å². The molecule has 1 heterocycles. The average molecular weight is 306 g/mol. The van der Waals surface area contributed by atoms with Crippen LogP contribution in [0.1, 0.15) is 58.7 Å². The molecule has 1 aromatic heterocycles. The standard InChI is InChI=1S/C16H19FN2OS/c1-9(2)16-19-11(4)14(21-16)15(20)18-10(3)12-5-7-13(17)8-6-12/h5-10H,1-4H3,(H,18,20)/t10-/m0/s1. The molecule has 21 heavy (non-hydrogen) atoms. The Morgan fingerprint density at radius 2 is 1.86 bits per heavy atom. The molecule has 0 saturated heterocycles. The summed E-state index contributed by atoms with van der Waals surface area (Å²) in [6.45, 7) is 7.84. The number of hydrogen-bond donors (Lipinski definition) is 1. The van der Waals surface area contributed by atoms with Gasteiger partial charge in [-0.15, -0.1) is 11.3 Å². The van der Waals surface area contributed by atoms with Gasteiger partial charge in [0.1, 0.15) is 10.7 Å². The van der Waals surface area contributed by atoms with Crippen molar-refractivity contribution in [2.75, 3.05) is 0 Å². The monoisotopic (exact) mass is 306 g/mol. The first-order chi connectivity index (χ1) is 9.88. The van der Waals surface area contributed by atoms with Crippen molar-refractivity contribution in [1.82, 2.24) is 10.3 Å². The number of amides is 1. The minimum absolute atomic E-state index is 0.131. The van der Waals surface area contributed by atoms with E-state index in [1.54, 1.807) is 12.1 Å². The van der Waals surface area contributed by atoms with Crippen molar-refractivity contribution in [3.63, 3.8) is 0 Å². The first-order valence-electron chi connectivity index (χ1n) is 6.92. The third kappa shape index (κ3) is 3.67. The Hall–Kier alpha value is -1.75. The predicted molar refractivity (Wildman–Crippen MR) is 83.2 cm³/mol. The van der Waals surface area contributed by atoms with Crippen LogP contribution in [0.3, 0.4) is 0 Å². The van der Waals surface area contributed by atoms with Gasteiger partial charge in [-0.25, -0.2) is 9.37 Å². The van der Waals surface area contributed by atoms with Gasteiger partial charge < -0.3 is 5.32 Å². The third-order valence-electron chi connectivity index (χ3n) is 3.23. The lowest BCUT2D eigenvalue weighted by molar-refractivity contribution is 0.0943. The number of nitrogens with one attached hydrogen (secondary N) is 1.